The SMILES string of the molecule is C[C@@H]1C[C@@]2(C=C3CCN(C)CC3)C[C@H]2N1C(C)(C)C. The van der Waals surface area contributed by atoms with E-state index in [-0.39, 0.29) is 0 Å². The second-order valence-corrected chi connectivity index (χ2v) is 8.19. The van der Waals surface area contributed by atoms with E-state index in [1.807, 2.05) is 0 Å². The molecule has 1 aliphatic carbocycles. The summed E-state index contributed by atoms with van der Waals surface area (Å²) in [6, 6.07) is 1.58. The molecule has 0 aromatic rings. The van der Waals surface area contributed by atoms with Crippen molar-refractivity contribution in [2.75, 3.05) is 20.1 Å². The van der Waals surface area contributed by atoms with Crippen molar-refractivity contribution < 1.29 is 0 Å². The van der Waals surface area contributed by atoms with Gasteiger partial charge >= 0.3 is 0 Å². The van der Waals surface area contributed by atoms with E-state index in [4.69, 9.17) is 0 Å². The topological polar surface area (TPSA) is 6.48 Å². The summed E-state index contributed by atoms with van der Waals surface area (Å²) in [5.74, 6) is 0. The molecule has 2 heteroatoms. The summed E-state index contributed by atoms with van der Waals surface area (Å²) in [6.45, 7) is 12.1. The molecule has 2 saturated heterocycles. The van der Waals surface area contributed by atoms with Crippen molar-refractivity contribution in [3.05, 3.63) is 11.6 Å². The molecule has 0 unspecified atom stereocenters. The van der Waals surface area contributed by atoms with E-state index in [2.05, 4.69) is 50.6 Å². The van der Waals surface area contributed by atoms with Crippen LogP contribution in [-0.2, 0) is 0 Å². The normalized spacial score (nSPS) is 40.4. The molecule has 0 aromatic heterocycles. The molecule has 0 spiro atoms. The quantitative estimate of drug-likeness (QED) is 0.669. The first kappa shape index (κ1) is 13.6. The number of fused-ring (bicyclic) bond motifs is 1. The molecule has 2 aliphatic heterocycles. The van der Waals surface area contributed by atoms with Crippen molar-refractivity contribution >= 4 is 0 Å². The van der Waals surface area contributed by atoms with Crippen molar-refractivity contribution in [1.29, 1.82) is 0 Å². The highest BCUT2D eigenvalue weighted by Crippen LogP contribution is 2.62. The molecule has 108 valence electrons. The summed E-state index contributed by atoms with van der Waals surface area (Å²) in [5, 5.41) is 0. The zero-order valence-electron chi connectivity index (χ0n) is 13.4. The van der Waals surface area contributed by atoms with Crippen LogP contribution in [0, 0.1) is 5.41 Å². The molecule has 3 fully saturated rings. The third-order valence-electron chi connectivity index (χ3n) is 5.46. The van der Waals surface area contributed by atoms with Gasteiger partial charge in [-0.25, -0.2) is 0 Å². The monoisotopic (exact) mass is 262 g/mol. The Hall–Kier alpha value is -0.340. The van der Waals surface area contributed by atoms with Gasteiger partial charge in [-0.05, 0) is 60.4 Å². The molecule has 0 aromatic carbocycles. The smallest absolute Gasteiger partial charge is 0.0204 e. The van der Waals surface area contributed by atoms with E-state index in [1.165, 1.54) is 38.8 Å². The number of rotatable bonds is 1. The summed E-state index contributed by atoms with van der Waals surface area (Å²) in [5.41, 5.74) is 2.62. The van der Waals surface area contributed by atoms with Gasteiger partial charge in [0.1, 0.15) is 0 Å². The van der Waals surface area contributed by atoms with Gasteiger partial charge in [-0.2, -0.15) is 0 Å². The Morgan fingerprint density at radius 2 is 1.79 bits per heavy atom. The van der Waals surface area contributed by atoms with Crippen LogP contribution >= 0.6 is 0 Å². The predicted molar refractivity (Wildman–Crippen MR) is 81.3 cm³/mol. The van der Waals surface area contributed by atoms with Crippen LogP contribution in [0.1, 0.15) is 53.4 Å². The Morgan fingerprint density at radius 1 is 1.16 bits per heavy atom. The summed E-state index contributed by atoms with van der Waals surface area (Å²) in [7, 11) is 2.24. The van der Waals surface area contributed by atoms with Crippen molar-refractivity contribution in [2.45, 2.75) is 71.0 Å². The van der Waals surface area contributed by atoms with Crippen LogP contribution in [0.4, 0.5) is 0 Å². The molecule has 3 rings (SSSR count). The van der Waals surface area contributed by atoms with Gasteiger partial charge in [0.15, 0.2) is 0 Å². The highest BCUT2D eigenvalue weighted by Gasteiger charge is 2.63. The lowest BCUT2D eigenvalue weighted by atomic mass is 9.93. The summed E-state index contributed by atoms with van der Waals surface area (Å²) < 4.78 is 0. The van der Waals surface area contributed by atoms with Crippen molar-refractivity contribution in [3.63, 3.8) is 0 Å². The molecule has 0 bridgehead atoms. The fourth-order valence-corrected chi connectivity index (χ4v) is 4.65. The fraction of sp³-hybridized carbons (Fsp3) is 0.882. The van der Waals surface area contributed by atoms with Crippen LogP contribution in [0.15, 0.2) is 11.6 Å². The summed E-state index contributed by atoms with van der Waals surface area (Å²) >= 11 is 0. The molecule has 3 aliphatic rings. The van der Waals surface area contributed by atoms with Crippen LogP contribution < -0.4 is 0 Å². The zero-order chi connectivity index (χ0) is 13.8. The average molecular weight is 262 g/mol. The minimum absolute atomic E-state index is 0.327. The van der Waals surface area contributed by atoms with Crippen molar-refractivity contribution in [1.82, 2.24) is 9.80 Å². The van der Waals surface area contributed by atoms with Crippen LogP contribution in [0.5, 0.6) is 0 Å². The van der Waals surface area contributed by atoms with Crippen LogP contribution in [0.25, 0.3) is 0 Å². The Bertz CT molecular complexity index is 383. The maximum Gasteiger partial charge on any atom is 0.0204 e. The number of nitrogens with zero attached hydrogens (tertiary/aromatic N) is 2. The molecule has 1 saturated carbocycles. The number of hydrogen-bond acceptors (Lipinski definition) is 2. The van der Waals surface area contributed by atoms with Gasteiger partial charge in [0.05, 0.1) is 0 Å². The maximum atomic E-state index is 2.78. The first-order valence-electron chi connectivity index (χ1n) is 7.99. The second kappa shape index (κ2) is 4.33. The van der Waals surface area contributed by atoms with E-state index in [9.17, 15) is 0 Å². The van der Waals surface area contributed by atoms with E-state index < -0.39 is 0 Å². The molecule has 0 N–H and O–H groups in total. The highest BCUT2D eigenvalue weighted by molar-refractivity contribution is 5.29. The lowest BCUT2D eigenvalue weighted by molar-refractivity contribution is 0.104. The van der Waals surface area contributed by atoms with Gasteiger partial charge in [0, 0.05) is 36.1 Å². The zero-order valence-corrected chi connectivity index (χ0v) is 13.4. The Kier molecular flexibility index (Phi) is 3.10. The van der Waals surface area contributed by atoms with E-state index in [0.29, 0.717) is 11.0 Å². The largest absolute Gasteiger partial charge is 0.306 e. The minimum atomic E-state index is 0.327. The number of piperidine rings is 2. The van der Waals surface area contributed by atoms with E-state index >= 15 is 0 Å². The molecule has 3 atom stereocenters. The molecule has 19 heavy (non-hydrogen) atoms. The number of hydrogen-bond donors (Lipinski definition) is 0. The van der Waals surface area contributed by atoms with Gasteiger partial charge in [-0.15, -0.1) is 0 Å². The van der Waals surface area contributed by atoms with E-state index in [0.717, 1.165) is 12.1 Å². The van der Waals surface area contributed by atoms with Crippen molar-refractivity contribution in [3.8, 4) is 0 Å². The van der Waals surface area contributed by atoms with Crippen LogP contribution in [0.2, 0.25) is 0 Å². The Labute approximate surface area is 118 Å². The molecule has 2 nitrogen and oxygen atoms in total. The van der Waals surface area contributed by atoms with Gasteiger partial charge in [-0.3, -0.25) is 4.90 Å². The molecule has 0 amide bonds. The molecular formula is C17H30N2. The predicted octanol–water partition coefficient (Wildman–Crippen LogP) is 3.29. The first-order chi connectivity index (χ1) is 8.82. The maximum absolute atomic E-state index is 2.78. The number of likely N-dealkylation sites (tertiary alicyclic amines) is 2. The second-order valence-electron chi connectivity index (χ2n) is 8.19. The lowest BCUT2D eigenvalue weighted by Gasteiger charge is -2.37. The first-order valence-corrected chi connectivity index (χ1v) is 7.99. The highest BCUT2D eigenvalue weighted by atomic mass is 15.3. The Morgan fingerprint density at radius 3 is 2.32 bits per heavy atom. The molecule has 2 heterocycles. The Balaban J connectivity index is 1.73. The lowest BCUT2D eigenvalue weighted by Crippen LogP contribution is -2.45. The van der Waals surface area contributed by atoms with Crippen LogP contribution in [-0.4, -0.2) is 47.6 Å². The molecular weight excluding hydrogens is 232 g/mol. The summed E-state index contributed by atoms with van der Waals surface area (Å²) in [6.07, 6.45) is 8.10. The third-order valence-corrected chi connectivity index (χ3v) is 5.46. The van der Waals surface area contributed by atoms with Gasteiger partial charge in [0.2, 0.25) is 0 Å². The average Bonchev–Trinajstić information content (AvgIpc) is 2.85. The fourth-order valence-electron chi connectivity index (χ4n) is 4.65. The van der Waals surface area contributed by atoms with Gasteiger partial charge in [-0.1, -0.05) is 11.6 Å². The minimum Gasteiger partial charge on any atom is -0.306 e. The standard InChI is InChI=1S/C17H30N2/c1-13-10-17(11-14-6-8-18(5)9-7-14)12-15(17)19(13)16(2,3)4/h11,13,15H,6-10,12H2,1-5H3/t13-,15-,17-/m1/s1. The summed E-state index contributed by atoms with van der Waals surface area (Å²) in [4.78, 5) is 5.23. The third kappa shape index (κ3) is 2.38. The van der Waals surface area contributed by atoms with Gasteiger partial charge in [0.25, 0.3) is 0 Å². The van der Waals surface area contributed by atoms with E-state index in [1.54, 1.807) is 5.57 Å². The van der Waals surface area contributed by atoms with Gasteiger partial charge < -0.3 is 4.90 Å². The van der Waals surface area contributed by atoms with Crippen LogP contribution in [0.3, 0.4) is 0 Å². The molecule has 0 radical (unpaired) electrons. The van der Waals surface area contributed by atoms with Crippen molar-refractivity contribution in [2.24, 2.45) is 5.41 Å².